The van der Waals surface area contributed by atoms with E-state index in [2.05, 4.69) is 24.5 Å². The minimum Gasteiger partial charge on any atom is -0.493 e. The number of carbonyl (C=O) groups excluding carboxylic acids is 2. The van der Waals surface area contributed by atoms with E-state index in [0.717, 1.165) is 6.42 Å². The van der Waals surface area contributed by atoms with Crippen LogP contribution < -0.4 is 29.7 Å². The van der Waals surface area contributed by atoms with Crippen LogP contribution in [0.3, 0.4) is 0 Å². The minimum atomic E-state index is -0.649. The van der Waals surface area contributed by atoms with Crippen LogP contribution in [0.4, 0.5) is 21.9 Å². The lowest BCUT2D eigenvalue weighted by Gasteiger charge is -2.28. The molecule has 0 aromatic heterocycles. The molecule has 178 valence electrons. The minimum absolute atomic E-state index is 0.0328. The van der Waals surface area contributed by atoms with Crippen LogP contribution >= 0.6 is 0 Å². The zero-order chi connectivity index (χ0) is 24.2. The maximum Gasteiger partial charge on any atom is 0.323 e. The molecule has 0 bridgehead atoms. The molecule has 0 unspecified atom stereocenters. The number of rotatable bonds is 7. The van der Waals surface area contributed by atoms with Gasteiger partial charge < -0.3 is 29.7 Å². The van der Waals surface area contributed by atoms with Gasteiger partial charge in [-0.15, -0.1) is 0 Å². The lowest BCUT2D eigenvalue weighted by Crippen LogP contribution is -2.42. The molecule has 0 atom stereocenters. The molecule has 8 heteroatoms. The predicted octanol–water partition coefficient (Wildman–Crippen LogP) is 5.15. The van der Waals surface area contributed by atoms with Crippen molar-refractivity contribution in [2.24, 2.45) is 11.3 Å². The Morgan fingerprint density at radius 1 is 1.15 bits per heavy atom. The second-order valence-electron chi connectivity index (χ2n) is 9.11. The smallest absolute Gasteiger partial charge is 0.323 e. The molecule has 0 aliphatic carbocycles. The van der Waals surface area contributed by atoms with Gasteiger partial charge >= 0.3 is 6.03 Å². The molecule has 2 aromatic rings. The maximum absolute atomic E-state index is 13.2. The van der Waals surface area contributed by atoms with Crippen molar-refractivity contribution in [1.82, 2.24) is 0 Å². The second kappa shape index (κ2) is 10.0. The number of methoxy groups -OCH3 is 2. The average molecular weight is 456 g/mol. The van der Waals surface area contributed by atoms with Crippen LogP contribution in [0.2, 0.25) is 0 Å². The third kappa shape index (κ3) is 5.50. The lowest BCUT2D eigenvalue weighted by atomic mass is 9.92. The van der Waals surface area contributed by atoms with E-state index in [0.29, 0.717) is 46.8 Å². The number of hydrogen-bond acceptors (Lipinski definition) is 5. The zero-order valence-electron chi connectivity index (χ0n) is 20.2. The van der Waals surface area contributed by atoms with Crippen LogP contribution in [0.5, 0.6) is 17.2 Å². The number of hydrogen-bond donors (Lipinski definition) is 2. The Balaban J connectivity index is 1.81. The first kappa shape index (κ1) is 24.2. The molecular formula is C25H33N3O5. The second-order valence-corrected chi connectivity index (χ2v) is 9.11. The fraction of sp³-hybridized carbons (Fsp3) is 0.440. The Morgan fingerprint density at radius 2 is 1.91 bits per heavy atom. The van der Waals surface area contributed by atoms with Gasteiger partial charge in [-0.1, -0.05) is 19.9 Å². The van der Waals surface area contributed by atoms with Crippen molar-refractivity contribution < 1.29 is 23.8 Å². The number of carbonyl (C=O) groups is 2. The van der Waals surface area contributed by atoms with Crippen LogP contribution in [-0.2, 0) is 4.79 Å². The fourth-order valence-electron chi connectivity index (χ4n) is 3.60. The largest absolute Gasteiger partial charge is 0.493 e. The van der Waals surface area contributed by atoms with Crippen LogP contribution in [0.15, 0.2) is 36.4 Å². The summed E-state index contributed by atoms with van der Waals surface area (Å²) in [6, 6.07) is 10.1. The Bertz CT molecular complexity index is 1020. The highest BCUT2D eigenvalue weighted by Crippen LogP contribution is 2.39. The Hall–Kier alpha value is -3.42. The summed E-state index contributed by atoms with van der Waals surface area (Å²) >= 11 is 0. The molecule has 0 radical (unpaired) electrons. The van der Waals surface area contributed by atoms with Crippen LogP contribution in [0.25, 0.3) is 0 Å². The van der Waals surface area contributed by atoms with Crippen LogP contribution in [0, 0.1) is 11.3 Å². The van der Waals surface area contributed by atoms with E-state index in [1.54, 1.807) is 35.2 Å². The summed E-state index contributed by atoms with van der Waals surface area (Å²) in [5.74, 6) is 2.01. The fourth-order valence-corrected chi connectivity index (χ4v) is 3.60. The highest BCUT2D eigenvalue weighted by Gasteiger charge is 2.37. The molecule has 0 saturated carbocycles. The first-order valence-electron chi connectivity index (χ1n) is 11.0. The standard InChI is InChI=1S/C25H33N3O5/c1-16(2)12-13-28-19-11-10-17(14-21(19)33-15-25(3,4)23(28)29)26-24(30)27-18-8-7-9-20(31-5)22(18)32-6/h7-11,14,16H,12-13,15H2,1-6H3,(H2,26,27,30). The number of amides is 3. The number of nitrogens with one attached hydrogen (secondary N) is 2. The van der Waals surface area contributed by atoms with Crippen LogP contribution in [-0.4, -0.2) is 39.3 Å². The van der Waals surface area contributed by atoms with Crippen molar-refractivity contribution >= 4 is 29.0 Å². The molecule has 2 N–H and O–H groups in total. The van der Waals surface area contributed by atoms with Crippen molar-refractivity contribution in [3.05, 3.63) is 36.4 Å². The van der Waals surface area contributed by atoms with Gasteiger partial charge in [0, 0.05) is 18.3 Å². The van der Waals surface area contributed by atoms with E-state index in [1.807, 2.05) is 19.9 Å². The number of para-hydroxylation sites is 1. The maximum atomic E-state index is 13.2. The molecule has 8 nitrogen and oxygen atoms in total. The molecule has 0 fully saturated rings. The van der Waals surface area contributed by atoms with Crippen LogP contribution in [0.1, 0.15) is 34.1 Å². The monoisotopic (exact) mass is 455 g/mol. The summed E-state index contributed by atoms with van der Waals surface area (Å²) in [4.78, 5) is 27.6. The van der Waals surface area contributed by atoms with Gasteiger partial charge in [-0.25, -0.2) is 4.79 Å². The van der Waals surface area contributed by atoms with Gasteiger partial charge in [0.25, 0.3) is 0 Å². The summed E-state index contributed by atoms with van der Waals surface area (Å²) < 4.78 is 16.6. The van der Waals surface area contributed by atoms with Crippen molar-refractivity contribution in [3.63, 3.8) is 0 Å². The number of nitrogens with zero attached hydrogens (tertiary/aromatic N) is 1. The Kier molecular flexibility index (Phi) is 7.36. The molecule has 2 aromatic carbocycles. The molecular weight excluding hydrogens is 422 g/mol. The Morgan fingerprint density at radius 3 is 2.58 bits per heavy atom. The SMILES string of the molecule is COc1cccc(NC(=O)Nc2ccc3c(c2)OCC(C)(C)C(=O)N3CCC(C)C)c1OC. The van der Waals surface area contributed by atoms with Gasteiger partial charge in [0.1, 0.15) is 12.4 Å². The van der Waals surface area contributed by atoms with E-state index in [9.17, 15) is 9.59 Å². The van der Waals surface area contributed by atoms with Crippen molar-refractivity contribution in [2.75, 3.05) is 42.9 Å². The summed E-state index contributed by atoms with van der Waals surface area (Å²) in [6.45, 7) is 8.91. The Labute approximate surface area is 195 Å². The lowest BCUT2D eigenvalue weighted by molar-refractivity contribution is -0.127. The number of benzene rings is 2. The van der Waals surface area contributed by atoms with Gasteiger partial charge in [-0.3, -0.25) is 4.79 Å². The topological polar surface area (TPSA) is 89.1 Å². The molecule has 0 spiro atoms. The van der Waals surface area contributed by atoms with E-state index in [-0.39, 0.29) is 12.5 Å². The van der Waals surface area contributed by atoms with Crippen molar-refractivity contribution in [2.45, 2.75) is 34.1 Å². The molecule has 33 heavy (non-hydrogen) atoms. The molecule has 1 heterocycles. The number of ether oxygens (including phenoxy) is 3. The number of fused-ring (bicyclic) bond motifs is 1. The number of urea groups is 1. The summed E-state index contributed by atoms with van der Waals surface area (Å²) in [6.07, 6.45) is 0.881. The first-order valence-corrected chi connectivity index (χ1v) is 11.0. The van der Waals surface area contributed by atoms with Crippen molar-refractivity contribution in [1.29, 1.82) is 0 Å². The molecule has 3 amide bonds. The third-order valence-electron chi connectivity index (χ3n) is 5.50. The normalized spacial score (nSPS) is 14.8. The number of anilines is 3. The molecule has 0 saturated heterocycles. The zero-order valence-corrected chi connectivity index (χ0v) is 20.2. The van der Waals surface area contributed by atoms with E-state index in [1.165, 1.54) is 14.2 Å². The summed E-state index contributed by atoms with van der Waals surface area (Å²) in [5.41, 5.74) is 1.09. The summed E-state index contributed by atoms with van der Waals surface area (Å²) in [7, 11) is 3.05. The highest BCUT2D eigenvalue weighted by atomic mass is 16.5. The average Bonchev–Trinajstić information content (AvgIpc) is 2.86. The van der Waals surface area contributed by atoms with Crippen molar-refractivity contribution in [3.8, 4) is 17.2 Å². The van der Waals surface area contributed by atoms with Gasteiger partial charge in [-0.2, -0.15) is 0 Å². The van der Waals surface area contributed by atoms with E-state index in [4.69, 9.17) is 14.2 Å². The molecule has 3 rings (SSSR count). The van der Waals surface area contributed by atoms with Gasteiger partial charge in [0.05, 0.1) is 31.0 Å². The van der Waals surface area contributed by atoms with E-state index < -0.39 is 11.4 Å². The molecule has 1 aliphatic rings. The van der Waals surface area contributed by atoms with E-state index >= 15 is 0 Å². The predicted molar refractivity (Wildman–Crippen MR) is 130 cm³/mol. The van der Waals surface area contributed by atoms with Gasteiger partial charge in [0.2, 0.25) is 5.91 Å². The van der Waals surface area contributed by atoms with Gasteiger partial charge in [-0.05, 0) is 50.5 Å². The highest BCUT2D eigenvalue weighted by molar-refractivity contribution is 6.02. The molecule has 1 aliphatic heterocycles. The third-order valence-corrected chi connectivity index (χ3v) is 5.50. The van der Waals surface area contributed by atoms with Gasteiger partial charge in [0.15, 0.2) is 11.5 Å². The first-order chi connectivity index (χ1) is 15.7. The quantitative estimate of drug-likeness (QED) is 0.603. The summed E-state index contributed by atoms with van der Waals surface area (Å²) in [5, 5.41) is 5.60.